The lowest BCUT2D eigenvalue weighted by Crippen LogP contribution is -2.32. The van der Waals surface area contributed by atoms with Gasteiger partial charge in [0.05, 0.1) is 25.1 Å². The van der Waals surface area contributed by atoms with Gasteiger partial charge in [0.1, 0.15) is 6.61 Å². The van der Waals surface area contributed by atoms with Crippen LogP contribution in [0.4, 0.5) is 11.4 Å². The van der Waals surface area contributed by atoms with Crippen molar-refractivity contribution in [1.82, 2.24) is 0 Å². The second kappa shape index (κ2) is 8.30. The molecule has 0 aromatic heterocycles. The summed E-state index contributed by atoms with van der Waals surface area (Å²) in [5.74, 6) is -0.0951. The van der Waals surface area contributed by atoms with E-state index in [1.807, 2.05) is 54.6 Å². The summed E-state index contributed by atoms with van der Waals surface area (Å²) in [6.45, 7) is 0.849. The SMILES string of the molecule is CS(=O)(=O)Nc1cccc(-c2ccc3c(c2)N(Cc2ccccc2)C(=O)COC3)c1. The van der Waals surface area contributed by atoms with Gasteiger partial charge in [-0.1, -0.05) is 54.6 Å². The fraction of sp³-hybridized carbons (Fsp3) is 0.174. The van der Waals surface area contributed by atoms with E-state index in [2.05, 4.69) is 4.72 Å². The number of ether oxygens (including phenoxy) is 1. The Hall–Kier alpha value is -3.16. The fourth-order valence-corrected chi connectivity index (χ4v) is 4.05. The Labute approximate surface area is 176 Å². The van der Waals surface area contributed by atoms with Crippen LogP contribution in [0.3, 0.4) is 0 Å². The molecule has 0 radical (unpaired) electrons. The maximum absolute atomic E-state index is 12.8. The zero-order valence-corrected chi connectivity index (χ0v) is 17.4. The number of carbonyl (C=O) groups excluding carboxylic acids is 1. The summed E-state index contributed by atoms with van der Waals surface area (Å²) in [6, 6.07) is 22.9. The van der Waals surface area contributed by atoms with Crippen molar-refractivity contribution in [2.24, 2.45) is 0 Å². The molecule has 0 fully saturated rings. The molecule has 154 valence electrons. The maximum Gasteiger partial charge on any atom is 0.253 e. The van der Waals surface area contributed by atoms with E-state index in [1.165, 1.54) is 0 Å². The van der Waals surface area contributed by atoms with E-state index in [9.17, 15) is 13.2 Å². The monoisotopic (exact) mass is 422 g/mol. The predicted molar refractivity (Wildman–Crippen MR) is 118 cm³/mol. The number of rotatable bonds is 5. The smallest absolute Gasteiger partial charge is 0.253 e. The molecular formula is C23H22N2O4S. The number of hydrogen-bond donors (Lipinski definition) is 1. The molecule has 4 rings (SSSR count). The summed E-state index contributed by atoms with van der Waals surface area (Å²) in [7, 11) is -3.37. The van der Waals surface area contributed by atoms with Crippen molar-refractivity contribution in [3.8, 4) is 11.1 Å². The summed E-state index contributed by atoms with van der Waals surface area (Å²) in [5, 5.41) is 0. The minimum Gasteiger partial charge on any atom is -0.367 e. The molecule has 0 saturated carbocycles. The van der Waals surface area contributed by atoms with Crippen LogP contribution in [0.5, 0.6) is 0 Å². The Balaban J connectivity index is 1.73. The molecule has 30 heavy (non-hydrogen) atoms. The van der Waals surface area contributed by atoms with Gasteiger partial charge in [0.25, 0.3) is 5.91 Å². The van der Waals surface area contributed by atoms with Crippen LogP contribution < -0.4 is 9.62 Å². The van der Waals surface area contributed by atoms with Crippen molar-refractivity contribution in [1.29, 1.82) is 0 Å². The summed E-state index contributed by atoms with van der Waals surface area (Å²) < 4.78 is 31.2. The molecule has 0 spiro atoms. The molecule has 0 bridgehead atoms. The highest BCUT2D eigenvalue weighted by Gasteiger charge is 2.23. The van der Waals surface area contributed by atoms with Crippen LogP contribution in [0, 0.1) is 0 Å². The van der Waals surface area contributed by atoms with Crippen LogP contribution >= 0.6 is 0 Å². The van der Waals surface area contributed by atoms with E-state index in [1.54, 1.807) is 23.1 Å². The number of hydrogen-bond acceptors (Lipinski definition) is 4. The predicted octanol–water partition coefficient (Wildman–Crippen LogP) is 3.79. The number of sulfonamides is 1. The van der Waals surface area contributed by atoms with E-state index < -0.39 is 10.0 Å². The van der Waals surface area contributed by atoms with Gasteiger partial charge in [0.15, 0.2) is 0 Å². The van der Waals surface area contributed by atoms with Crippen molar-refractivity contribution in [2.45, 2.75) is 13.2 Å². The third-order valence-electron chi connectivity index (χ3n) is 4.84. The Morgan fingerprint density at radius 2 is 1.70 bits per heavy atom. The molecule has 0 atom stereocenters. The average Bonchev–Trinajstić information content (AvgIpc) is 2.86. The van der Waals surface area contributed by atoms with Crippen LogP contribution in [0.2, 0.25) is 0 Å². The fourth-order valence-electron chi connectivity index (χ4n) is 3.49. The van der Waals surface area contributed by atoms with Gasteiger partial charge in [0, 0.05) is 11.3 Å². The summed E-state index contributed by atoms with van der Waals surface area (Å²) >= 11 is 0. The first-order valence-electron chi connectivity index (χ1n) is 9.52. The van der Waals surface area contributed by atoms with E-state index >= 15 is 0 Å². The highest BCUT2D eigenvalue weighted by molar-refractivity contribution is 7.92. The minimum absolute atomic E-state index is 0.0324. The van der Waals surface area contributed by atoms with Crippen molar-refractivity contribution in [3.05, 3.63) is 83.9 Å². The Kier molecular flexibility index (Phi) is 5.57. The first kappa shape index (κ1) is 20.1. The largest absolute Gasteiger partial charge is 0.367 e. The van der Waals surface area contributed by atoms with Gasteiger partial charge < -0.3 is 9.64 Å². The molecule has 0 aliphatic carbocycles. The average molecular weight is 423 g/mol. The number of carbonyl (C=O) groups is 1. The zero-order chi connectivity index (χ0) is 21.1. The van der Waals surface area contributed by atoms with Crippen molar-refractivity contribution in [2.75, 3.05) is 22.5 Å². The van der Waals surface area contributed by atoms with Crippen LogP contribution in [-0.2, 0) is 32.7 Å². The third kappa shape index (κ3) is 4.69. The number of nitrogens with one attached hydrogen (secondary N) is 1. The standard InChI is InChI=1S/C23H22N2O4S/c1-30(27,28)24-21-9-5-8-18(12-21)19-10-11-20-15-29-16-23(26)25(22(20)13-19)14-17-6-3-2-4-7-17/h2-13,24H,14-16H2,1H3. The second-order valence-corrected chi connectivity index (χ2v) is 9.01. The van der Waals surface area contributed by atoms with E-state index in [0.29, 0.717) is 18.8 Å². The molecule has 1 amide bonds. The third-order valence-corrected chi connectivity index (χ3v) is 5.45. The van der Waals surface area contributed by atoms with Crippen LogP contribution in [0.1, 0.15) is 11.1 Å². The minimum atomic E-state index is -3.37. The Bertz CT molecular complexity index is 1180. The van der Waals surface area contributed by atoms with Gasteiger partial charge >= 0.3 is 0 Å². The van der Waals surface area contributed by atoms with Crippen molar-refractivity contribution >= 4 is 27.3 Å². The van der Waals surface area contributed by atoms with E-state index in [0.717, 1.165) is 34.2 Å². The molecule has 1 aliphatic rings. The summed E-state index contributed by atoms with van der Waals surface area (Å²) in [5.41, 5.74) is 5.00. The van der Waals surface area contributed by atoms with Crippen molar-refractivity contribution in [3.63, 3.8) is 0 Å². The van der Waals surface area contributed by atoms with Gasteiger partial charge in [-0.2, -0.15) is 0 Å². The number of fused-ring (bicyclic) bond motifs is 1. The van der Waals surface area contributed by atoms with Gasteiger partial charge in [-0.3, -0.25) is 9.52 Å². The first-order chi connectivity index (χ1) is 14.4. The number of nitrogens with zero attached hydrogens (tertiary/aromatic N) is 1. The Morgan fingerprint density at radius 1 is 0.933 bits per heavy atom. The van der Waals surface area contributed by atoms with E-state index in [4.69, 9.17) is 4.74 Å². The summed E-state index contributed by atoms with van der Waals surface area (Å²) in [6.07, 6.45) is 1.12. The highest BCUT2D eigenvalue weighted by Crippen LogP contribution is 2.32. The van der Waals surface area contributed by atoms with Crippen LogP contribution in [0.15, 0.2) is 72.8 Å². The normalized spacial score (nSPS) is 14.2. The Morgan fingerprint density at radius 3 is 2.47 bits per heavy atom. The lowest BCUT2D eigenvalue weighted by molar-refractivity contribution is -0.123. The molecule has 3 aromatic rings. The van der Waals surface area contributed by atoms with Gasteiger partial charge in [-0.25, -0.2) is 8.42 Å². The van der Waals surface area contributed by atoms with Gasteiger partial charge in [-0.15, -0.1) is 0 Å². The topological polar surface area (TPSA) is 75.7 Å². The maximum atomic E-state index is 12.8. The highest BCUT2D eigenvalue weighted by atomic mass is 32.2. The molecule has 7 heteroatoms. The molecule has 6 nitrogen and oxygen atoms in total. The molecule has 3 aromatic carbocycles. The lowest BCUT2D eigenvalue weighted by Gasteiger charge is -2.23. The second-order valence-electron chi connectivity index (χ2n) is 7.26. The van der Waals surface area contributed by atoms with E-state index in [-0.39, 0.29) is 12.5 Å². The van der Waals surface area contributed by atoms with Crippen LogP contribution in [0.25, 0.3) is 11.1 Å². The van der Waals surface area contributed by atoms with Crippen molar-refractivity contribution < 1.29 is 17.9 Å². The summed E-state index contributed by atoms with van der Waals surface area (Å²) in [4.78, 5) is 14.5. The molecule has 0 unspecified atom stereocenters. The lowest BCUT2D eigenvalue weighted by atomic mass is 10.0. The molecule has 0 saturated heterocycles. The zero-order valence-electron chi connectivity index (χ0n) is 16.5. The first-order valence-corrected chi connectivity index (χ1v) is 11.4. The molecular weight excluding hydrogens is 400 g/mol. The van der Waals surface area contributed by atoms with Crippen LogP contribution in [-0.4, -0.2) is 27.2 Å². The van der Waals surface area contributed by atoms with Gasteiger partial charge in [0.2, 0.25) is 10.0 Å². The van der Waals surface area contributed by atoms with Gasteiger partial charge in [-0.05, 0) is 34.9 Å². The molecule has 1 heterocycles. The number of amides is 1. The molecule has 1 aliphatic heterocycles. The quantitative estimate of drug-likeness (QED) is 0.679. The number of benzene rings is 3. The molecule has 1 N–H and O–H groups in total. The number of anilines is 2.